The first-order chi connectivity index (χ1) is 13.6. The van der Waals surface area contributed by atoms with Gasteiger partial charge in [-0.1, -0.05) is 6.92 Å². The first-order valence-electron chi connectivity index (χ1n) is 8.09. The van der Waals surface area contributed by atoms with Crippen LogP contribution in [0.25, 0.3) is 22.7 Å². The first-order valence-corrected chi connectivity index (χ1v) is 9.08. The minimum atomic E-state index is -5.81. The van der Waals surface area contributed by atoms with Crippen molar-refractivity contribution in [2.75, 3.05) is 11.1 Å². The molecule has 0 atom stereocenters. The van der Waals surface area contributed by atoms with E-state index >= 15 is 0 Å². The van der Waals surface area contributed by atoms with Crippen molar-refractivity contribution in [2.24, 2.45) is 7.05 Å². The van der Waals surface area contributed by atoms with Crippen LogP contribution in [0, 0.1) is 0 Å². The van der Waals surface area contributed by atoms with Crippen LogP contribution in [0.4, 0.5) is 27.8 Å². The van der Waals surface area contributed by atoms with E-state index in [4.69, 9.17) is 0 Å². The maximum absolute atomic E-state index is 13.6. The molecule has 3 rings (SSSR count). The smallest absolute Gasteiger partial charge is 0.313 e. The van der Waals surface area contributed by atoms with E-state index in [1.165, 1.54) is 23.4 Å². The first kappa shape index (κ1) is 20.9. The van der Waals surface area contributed by atoms with Crippen molar-refractivity contribution in [3.05, 3.63) is 23.9 Å². The Kier molecular flexibility index (Phi) is 5.43. The third-order valence-electron chi connectivity index (χ3n) is 3.87. The number of nitrogens with one attached hydrogen (secondary N) is 1. The Labute approximate surface area is 164 Å². The molecule has 0 aliphatic rings. The molecule has 0 bridgehead atoms. The minimum Gasteiger partial charge on any atom is -0.313 e. The number of carbonyl (C=O) groups excluding carboxylic acids is 1. The molecule has 0 aliphatic heterocycles. The van der Waals surface area contributed by atoms with E-state index < -0.39 is 17.8 Å². The molecule has 29 heavy (non-hydrogen) atoms. The second kappa shape index (κ2) is 7.54. The van der Waals surface area contributed by atoms with Crippen LogP contribution in [0.15, 0.2) is 23.1 Å². The Morgan fingerprint density at radius 1 is 1.17 bits per heavy atom. The number of nitrogens with zero attached hydrogens (tertiary/aromatic N) is 5. The van der Waals surface area contributed by atoms with E-state index in [1.54, 1.807) is 12.1 Å². The number of anilines is 1. The largest absolute Gasteiger partial charge is 0.459 e. The summed E-state index contributed by atoms with van der Waals surface area (Å²) in [7, 11) is 1.50. The van der Waals surface area contributed by atoms with Crippen LogP contribution in [0.3, 0.4) is 0 Å². The molecule has 0 fully saturated rings. The Hall–Kier alpha value is -2.83. The number of amides is 1. The number of imidazole rings is 1. The van der Waals surface area contributed by atoms with Crippen molar-refractivity contribution in [3.8, 4) is 11.5 Å². The molecule has 1 amide bonds. The van der Waals surface area contributed by atoms with E-state index in [9.17, 15) is 26.7 Å². The summed E-state index contributed by atoms with van der Waals surface area (Å²) in [5.74, 6) is -4.09. The van der Waals surface area contributed by atoms with Gasteiger partial charge in [-0.3, -0.25) is 4.79 Å². The van der Waals surface area contributed by atoms with Gasteiger partial charge in [0.1, 0.15) is 22.7 Å². The van der Waals surface area contributed by atoms with Crippen LogP contribution < -0.4 is 5.32 Å². The van der Waals surface area contributed by atoms with E-state index in [1.807, 2.05) is 6.92 Å². The zero-order valence-corrected chi connectivity index (χ0v) is 15.8. The summed E-state index contributed by atoms with van der Waals surface area (Å²) >= 11 is 1.42. The van der Waals surface area contributed by atoms with E-state index in [0.29, 0.717) is 28.8 Å². The average Bonchev–Trinajstić information content (AvgIpc) is 2.98. The lowest BCUT2D eigenvalue weighted by atomic mass is 10.2. The van der Waals surface area contributed by atoms with Gasteiger partial charge in [0, 0.05) is 11.9 Å². The van der Waals surface area contributed by atoms with Crippen LogP contribution in [0.1, 0.15) is 12.6 Å². The van der Waals surface area contributed by atoms with Crippen molar-refractivity contribution in [1.82, 2.24) is 24.7 Å². The van der Waals surface area contributed by atoms with E-state index in [2.05, 4.69) is 25.5 Å². The van der Waals surface area contributed by atoms with Crippen molar-refractivity contribution < 1.29 is 26.7 Å². The lowest BCUT2D eigenvalue weighted by molar-refractivity contribution is -0.291. The van der Waals surface area contributed by atoms with Gasteiger partial charge in [0.2, 0.25) is 6.41 Å². The number of aryl methyl sites for hydroxylation is 1. The fourth-order valence-electron chi connectivity index (χ4n) is 2.52. The van der Waals surface area contributed by atoms with Crippen LogP contribution in [-0.2, 0) is 17.8 Å². The molecule has 3 aromatic heterocycles. The van der Waals surface area contributed by atoms with Gasteiger partial charge >= 0.3 is 12.1 Å². The number of thioether (sulfide) groups is 1. The fourth-order valence-corrected chi connectivity index (χ4v) is 3.26. The normalized spacial score (nSPS) is 12.4. The number of halogens is 5. The molecular weight excluding hydrogens is 419 g/mol. The Bertz CT molecular complexity index is 1070. The molecular formula is C16H13F5N6OS. The number of alkyl halides is 5. The summed E-state index contributed by atoms with van der Waals surface area (Å²) in [5, 5.41) is 8.95. The van der Waals surface area contributed by atoms with Crippen LogP contribution in [0.5, 0.6) is 0 Å². The Morgan fingerprint density at radius 3 is 2.52 bits per heavy atom. The molecule has 3 aromatic rings. The Morgan fingerprint density at radius 2 is 1.90 bits per heavy atom. The van der Waals surface area contributed by atoms with Crippen molar-refractivity contribution in [2.45, 2.75) is 23.9 Å². The second-order valence-electron chi connectivity index (χ2n) is 5.74. The van der Waals surface area contributed by atoms with Gasteiger partial charge in [-0.25, -0.2) is 9.97 Å². The van der Waals surface area contributed by atoms with Crippen LogP contribution in [-0.4, -0.2) is 43.1 Å². The molecule has 154 valence electrons. The van der Waals surface area contributed by atoms with Gasteiger partial charge in [-0.2, -0.15) is 22.0 Å². The number of pyridine rings is 1. The third-order valence-corrected chi connectivity index (χ3v) is 4.80. The summed E-state index contributed by atoms with van der Waals surface area (Å²) in [6, 6.07) is 3.82. The molecule has 3 heterocycles. The lowest BCUT2D eigenvalue weighted by Crippen LogP contribution is -2.34. The fraction of sp³-hybridized carbons (Fsp3) is 0.312. The predicted molar refractivity (Wildman–Crippen MR) is 95.6 cm³/mol. The van der Waals surface area contributed by atoms with Gasteiger partial charge in [-0.15, -0.1) is 22.0 Å². The number of carbonyl (C=O) groups is 1. The van der Waals surface area contributed by atoms with Gasteiger partial charge < -0.3 is 9.88 Å². The zero-order valence-electron chi connectivity index (χ0n) is 15.0. The number of hydrogen-bond acceptors (Lipinski definition) is 6. The monoisotopic (exact) mass is 432 g/mol. The third kappa shape index (κ3) is 3.73. The summed E-state index contributed by atoms with van der Waals surface area (Å²) in [5.41, 5.74) is -1.42. The molecule has 0 aromatic carbocycles. The van der Waals surface area contributed by atoms with E-state index in [-0.39, 0.29) is 22.8 Å². The van der Waals surface area contributed by atoms with Crippen molar-refractivity contribution in [3.63, 3.8) is 0 Å². The minimum absolute atomic E-state index is 0.00437. The highest BCUT2D eigenvalue weighted by atomic mass is 32.2. The van der Waals surface area contributed by atoms with Crippen molar-refractivity contribution >= 4 is 35.2 Å². The SMILES string of the molecule is CCSc1ccc(NC=O)nc1-c1nc2cc(C(F)(F)C(F)(F)F)nnc2n1C. The lowest BCUT2D eigenvalue weighted by Gasteiger charge is -2.17. The molecule has 0 unspecified atom stereocenters. The van der Waals surface area contributed by atoms with Gasteiger partial charge in [0.05, 0.1) is 0 Å². The highest BCUT2D eigenvalue weighted by molar-refractivity contribution is 7.99. The Balaban J connectivity index is 2.18. The highest BCUT2D eigenvalue weighted by Crippen LogP contribution is 2.43. The molecule has 0 saturated carbocycles. The van der Waals surface area contributed by atoms with Crippen LogP contribution >= 0.6 is 11.8 Å². The predicted octanol–water partition coefficient (Wildman–Crippen LogP) is 3.76. The maximum Gasteiger partial charge on any atom is 0.459 e. The summed E-state index contributed by atoms with van der Waals surface area (Å²) < 4.78 is 66.5. The van der Waals surface area contributed by atoms with E-state index in [0.717, 1.165) is 0 Å². The van der Waals surface area contributed by atoms with Gasteiger partial charge in [-0.05, 0) is 24.0 Å². The number of rotatable bonds is 6. The molecule has 0 spiro atoms. The zero-order chi connectivity index (χ0) is 21.4. The number of aromatic nitrogens is 5. The molecule has 0 radical (unpaired) electrons. The van der Waals surface area contributed by atoms with Gasteiger partial charge in [0.15, 0.2) is 11.5 Å². The standard InChI is InChI=1S/C16H13F5N6OS/c1-3-29-9-4-5-11(22-7-28)24-12(9)14-23-8-6-10(15(17,18)16(19,20)21)25-26-13(8)27(14)2/h4-7H,3H2,1-2H3,(H,22,24,28). The maximum atomic E-state index is 13.6. The summed E-state index contributed by atoms with van der Waals surface area (Å²) in [6.45, 7) is 1.90. The van der Waals surface area contributed by atoms with Gasteiger partial charge in [0.25, 0.3) is 0 Å². The quantitative estimate of drug-likeness (QED) is 0.363. The van der Waals surface area contributed by atoms with Crippen molar-refractivity contribution in [1.29, 1.82) is 0 Å². The number of hydrogen-bond donors (Lipinski definition) is 1. The van der Waals surface area contributed by atoms with Crippen LogP contribution in [0.2, 0.25) is 0 Å². The molecule has 13 heteroatoms. The molecule has 1 N–H and O–H groups in total. The molecule has 7 nitrogen and oxygen atoms in total. The number of fused-ring (bicyclic) bond motifs is 1. The summed E-state index contributed by atoms with van der Waals surface area (Å²) in [6.07, 6.45) is -5.38. The topological polar surface area (TPSA) is 85.6 Å². The molecule has 0 saturated heterocycles. The summed E-state index contributed by atoms with van der Waals surface area (Å²) in [4.78, 5) is 19.8. The highest BCUT2D eigenvalue weighted by Gasteiger charge is 2.60. The second-order valence-corrected chi connectivity index (χ2v) is 7.05. The molecule has 0 aliphatic carbocycles. The average molecular weight is 432 g/mol.